The highest BCUT2D eigenvalue weighted by molar-refractivity contribution is 9.09. The molecule has 23 heavy (non-hydrogen) atoms. The zero-order valence-corrected chi connectivity index (χ0v) is 15.1. The summed E-state index contributed by atoms with van der Waals surface area (Å²) in [5.41, 5.74) is 0.330. The smallest absolute Gasteiger partial charge is 0.316 e. The SMILES string of the molecule is COC1(O)C(Br)C=C(C)C(C)(Oc2ccccc2C)C1C(=O)O. The van der Waals surface area contributed by atoms with Crippen LogP contribution < -0.4 is 4.74 Å². The topological polar surface area (TPSA) is 76.0 Å². The lowest BCUT2D eigenvalue weighted by atomic mass is 9.72. The van der Waals surface area contributed by atoms with E-state index < -0.39 is 28.1 Å². The van der Waals surface area contributed by atoms with E-state index in [1.54, 1.807) is 26.0 Å². The van der Waals surface area contributed by atoms with Crippen LogP contribution in [0.3, 0.4) is 0 Å². The van der Waals surface area contributed by atoms with Crippen molar-refractivity contribution in [2.24, 2.45) is 5.92 Å². The number of aryl methyl sites for hydroxylation is 1. The van der Waals surface area contributed by atoms with Gasteiger partial charge in [0.15, 0.2) is 11.7 Å². The van der Waals surface area contributed by atoms with E-state index in [2.05, 4.69) is 15.9 Å². The van der Waals surface area contributed by atoms with Gasteiger partial charge in [0.2, 0.25) is 0 Å². The van der Waals surface area contributed by atoms with Gasteiger partial charge in [-0.25, -0.2) is 0 Å². The van der Waals surface area contributed by atoms with Gasteiger partial charge in [-0.05, 0) is 38.0 Å². The fraction of sp³-hybridized carbons (Fsp3) is 0.471. The van der Waals surface area contributed by atoms with Crippen LogP contribution in [0.15, 0.2) is 35.9 Å². The summed E-state index contributed by atoms with van der Waals surface area (Å²) in [6, 6.07) is 7.35. The number of carboxylic acids is 1. The third kappa shape index (κ3) is 2.91. The average molecular weight is 385 g/mol. The zero-order chi connectivity index (χ0) is 17.4. The van der Waals surface area contributed by atoms with Gasteiger partial charge in [0, 0.05) is 7.11 Å². The Morgan fingerprint density at radius 1 is 1.30 bits per heavy atom. The number of aliphatic carboxylic acids is 1. The van der Waals surface area contributed by atoms with E-state index in [4.69, 9.17) is 9.47 Å². The average Bonchev–Trinajstić information content (AvgIpc) is 2.47. The highest BCUT2D eigenvalue weighted by atomic mass is 79.9. The van der Waals surface area contributed by atoms with E-state index in [0.29, 0.717) is 11.3 Å². The van der Waals surface area contributed by atoms with Crippen molar-refractivity contribution in [3.8, 4) is 5.75 Å². The molecule has 1 aliphatic carbocycles. The molecule has 4 atom stereocenters. The van der Waals surface area contributed by atoms with Crippen molar-refractivity contribution in [3.63, 3.8) is 0 Å². The van der Waals surface area contributed by atoms with E-state index in [9.17, 15) is 15.0 Å². The molecule has 1 aromatic rings. The van der Waals surface area contributed by atoms with Gasteiger partial charge >= 0.3 is 5.97 Å². The Balaban J connectivity index is 2.58. The van der Waals surface area contributed by atoms with Gasteiger partial charge < -0.3 is 19.7 Å². The number of alkyl halides is 1. The van der Waals surface area contributed by atoms with Crippen LogP contribution in [0.4, 0.5) is 0 Å². The Hall–Kier alpha value is -1.37. The summed E-state index contributed by atoms with van der Waals surface area (Å²) in [7, 11) is 1.28. The van der Waals surface area contributed by atoms with Crippen molar-refractivity contribution in [2.45, 2.75) is 37.0 Å². The van der Waals surface area contributed by atoms with Gasteiger partial charge in [-0.3, -0.25) is 4.79 Å². The van der Waals surface area contributed by atoms with Crippen LogP contribution in [-0.4, -0.2) is 39.5 Å². The second-order valence-electron chi connectivity index (χ2n) is 5.95. The molecular weight excluding hydrogens is 364 g/mol. The lowest BCUT2D eigenvalue weighted by molar-refractivity contribution is -0.247. The number of hydrogen-bond acceptors (Lipinski definition) is 4. The lowest BCUT2D eigenvalue weighted by Gasteiger charge is -2.48. The monoisotopic (exact) mass is 384 g/mol. The van der Waals surface area contributed by atoms with Gasteiger partial charge in [-0.15, -0.1) is 0 Å². The van der Waals surface area contributed by atoms with Gasteiger partial charge in [0.1, 0.15) is 11.4 Å². The number of carbonyl (C=O) groups is 1. The van der Waals surface area contributed by atoms with Gasteiger partial charge in [-0.1, -0.05) is 40.2 Å². The normalized spacial score (nSPS) is 33.9. The molecule has 0 saturated heterocycles. The number of ether oxygens (including phenoxy) is 2. The fourth-order valence-corrected chi connectivity index (χ4v) is 3.82. The summed E-state index contributed by atoms with van der Waals surface area (Å²) in [6.07, 6.45) is 1.72. The number of hydrogen-bond donors (Lipinski definition) is 2. The molecule has 126 valence electrons. The standard InChI is InChI=1S/C17H21BrO5/c1-10-7-5-6-8-12(10)23-16(3)11(2)9-13(18)17(21,22-4)14(16)15(19)20/h5-9,13-14,21H,1-4H3,(H,19,20). The lowest BCUT2D eigenvalue weighted by Crippen LogP contribution is -2.64. The number of halogens is 1. The number of aliphatic hydroxyl groups is 1. The van der Waals surface area contributed by atoms with Crippen molar-refractivity contribution in [3.05, 3.63) is 41.5 Å². The van der Waals surface area contributed by atoms with Gasteiger partial charge in [-0.2, -0.15) is 0 Å². The van der Waals surface area contributed by atoms with Crippen molar-refractivity contribution >= 4 is 21.9 Å². The molecule has 0 radical (unpaired) electrons. The molecule has 0 saturated carbocycles. The Labute approximate surface area is 144 Å². The van der Waals surface area contributed by atoms with Crippen LogP contribution >= 0.6 is 15.9 Å². The molecule has 2 N–H and O–H groups in total. The number of methoxy groups -OCH3 is 1. The molecule has 0 bridgehead atoms. The molecule has 1 aromatic carbocycles. The van der Waals surface area contributed by atoms with Crippen molar-refractivity contribution in [1.29, 1.82) is 0 Å². The van der Waals surface area contributed by atoms with Crippen molar-refractivity contribution < 1.29 is 24.5 Å². The third-order valence-electron chi connectivity index (χ3n) is 4.53. The fourth-order valence-electron chi connectivity index (χ4n) is 2.97. The first-order chi connectivity index (χ1) is 10.7. The summed E-state index contributed by atoms with van der Waals surface area (Å²) in [5.74, 6) is -3.86. The van der Waals surface area contributed by atoms with Crippen molar-refractivity contribution in [1.82, 2.24) is 0 Å². The molecule has 0 amide bonds. The summed E-state index contributed by atoms with van der Waals surface area (Å²) in [4.78, 5) is 11.3. The predicted octanol–water partition coefficient (Wildman–Crippen LogP) is 2.89. The maximum absolute atomic E-state index is 11.9. The summed E-state index contributed by atoms with van der Waals surface area (Å²) in [6.45, 7) is 5.33. The van der Waals surface area contributed by atoms with E-state index in [1.165, 1.54) is 7.11 Å². The first-order valence-electron chi connectivity index (χ1n) is 7.24. The van der Waals surface area contributed by atoms with E-state index in [1.807, 2.05) is 25.1 Å². The molecule has 0 fully saturated rings. The maximum Gasteiger partial charge on any atom is 0.316 e. The largest absolute Gasteiger partial charge is 0.482 e. The number of carboxylic acid groups (broad SMARTS) is 1. The molecule has 0 aromatic heterocycles. The predicted molar refractivity (Wildman–Crippen MR) is 89.8 cm³/mol. The molecule has 4 unspecified atom stereocenters. The molecule has 5 nitrogen and oxygen atoms in total. The van der Waals surface area contributed by atoms with Crippen LogP contribution in [0, 0.1) is 12.8 Å². The summed E-state index contributed by atoms with van der Waals surface area (Å²) >= 11 is 3.30. The summed E-state index contributed by atoms with van der Waals surface area (Å²) in [5, 5.41) is 20.6. The first kappa shape index (κ1) is 18.0. The highest BCUT2D eigenvalue weighted by Gasteiger charge is 2.61. The summed E-state index contributed by atoms with van der Waals surface area (Å²) < 4.78 is 11.3. The maximum atomic E-state index is 11.9. The quantitative estimate of drug-likeness (QED) is 0.474. The highest BCUT2D eigenvalue weighted by Crippen LogP contribution is 2.46. The number of rotatable bonds is 4. The molecule has 1 aliphatic rings. The van der Waals surface area contributed by atoms with E-state index >= 15 is 0 Å². The van der Waals surface area contributed by atoms with Crippen LogP contribution in [0.1, 0.15) is 19.4 Å². The van der Waals surface area contributed by atoms with E-state index in [-0.39, 0.29) is 0 Å². The zero-order valence-electron chi connectivity index (χ0n) is 13.5. The molecule has 6 heteroatoms. The van der Waals surface area contributed by atoms with Crippen LogP contribution in [0.2, 0.25) is 0 Å². The minimum Gasteiger partial charge on any atom is -0.482 e. The molecule has 0 spiro atoms. The Bertz CT molecular complexity index is 644. The number of para-hydroxylation sites is 1. The van der Waals surface area contributed by atoms with Gasteiger partial charge in [0.25, 0.3) is 0 Å². The van der Waals surface area contributed by atoms with Crippen LogP contribution in [0.5, 0.6) is 5.75 Å². The third-order valence-corrected chi connectivity index (χ3v) is 5.45. The van der Waals surface area contributed by atoms with Gasteiger partial charge in [0.05, 0.1) is 4.83 Å². The second-order valence-corrected chi connectivity index (χ2v) is 6.94. The Morgan fingerprint density at radius 3 is 2.43 bits per heavy atom. The minimum atomic E-state index is -1.93. The molecular formula is C17H21BrO5. The number of benzene rings is 1. The Kier molecular flexibility index (Phi) is 4.89. The first-order valence-corrected chi connectivity index (χ1v) is 8.16. The molecule has 0 aliphatic heterocycles. The van der Waals surface area contributed by atoms with E-state index in [0.717, 1.165) is 5.56 Å². The molecule has 0 heterocycles. The second kappa shape index (κ2) is 6.26. The Morgan fingerprint density at radius 2 is 1.91 bits per heavy atom. The van der Waals surface area contributed by atoms with Crippen LogP contribution in [0.25, 0.3) is 0 Å². The molecule has 2 rings (SSSR count). The van der Waals surface area contributed by atoms with Crippen LogP contribution in [-0.2, 0) is 9.53 Å². The minimum absolute atomic E-state index is 0.570. The van der Waals surface area contributed by atoms with Crippen molar-refractivity contribution in [2.75, 3.05) is 7.11 Å².